The van der Waals surface area contributed by atoms with Crippen molar-refractivity contribution in [2.75, 3.05) is 11.5 Å². The van der Waals surface area contributed by atoms with Crippen molar-refractivity contribution in [3.05, 3.63) is 58.6 Å². The summed E-state index contributed by atoms with van der Waals surface area (Å²) in [6.07, 6.45) is 2.03. The average molecular weight is 387 g/mol. The zero-order valence-corrected chi connectivity index (χ0v) is 16.3. The molecule has 1 aliphatic rings. The van der Waals surface area contributed by atoms with E-state index in [4.69, 9.17) is 16.3 Å². The molecule has 0 radical (unpaired) electrons. The molecular formula is C21H23ClN2O3. The van der Waals surface area contributed by atoms with E-state index in [1.807, 2.05) is 30.3 Å². The minimum atomic E-state index is -0.718. The van der Waals surface area contributed by atoms with E-state index < -0.39 is 6.04 Å². The van der Waals surface area contributed by atoms with Gasteiger partial charge in [0, 0.05) is 28.8 Å². The zero-order chi connectivity index (χ0) is 19.4. The van der Waals surface area contributed by atoms with Crippen LogP contribution in [0.1, 0.15) is 43.9 Å². The van der Waals surface area contributed by atoms with Gasteiger partial charge in [-0.2, -0.15) is 0 Å². The number of para-hydroxylation sites is 1. The van der Waals surface area contributed by atoms with E-state index in [0.29, 0.717) is 23.7 Å². The average Bonchev–Trinajstić information content (AvgIpc) is 2.88. The molecule has 142 valence electrons. The molecule has 1 heterocycles. The van der Waals surface area contributed by atoms with Gasteiger partial charge in [0.25, 0.3) is 5.91 Å². The van der Waals surface area contributed by atoms with Crippen LogP contribution in [-0.2, 0) is 16.1 Å². The largest absolute Gasteiger partial charge is 0.493 e. The summed E-state index contributed by atoms with van der Waals surface area (Å²) in [7, 11) is 0. The van der Waals surface area contributed by atoms with Gasteiger partial charge in [0.2, 0.25) is 5.91 Å². The first-order chi connectivity index (χ1) is 13.0. The summed E-state index contributed by atoms with van der Waals surface area (Å²) in [4.78, 5) is 26.3. The molecular weight excluding hydrogens is 364 g/mol. The van der Waals surface area contributed by atoms with Crippen molar-refractivity contribution in [3.63, 3.8) is 0 Å². The smallest absolute Gasteiger partial charge is 0.254 e. The second-order valence-electron chi connectivity index (χ2n) is 6.57. The fourth-order valence-electron chi connectivity index (χ4n) is 3.19. The third-order valence-corrected chi connectivity index (χ3v) is 4.74. The van der Waals surface area contributed by atoms with Gasteiger partial charge in [0.05, 0.1) is 13.2 Å². The molecule has 1 N–H and O–H groups in total. The highest BCUT2D eigenvalue weighted by Crippen LogP contribution is 2.39. The van der Waals surface area contributed by atoms with E-state index in [9.17, 15) is 9.59 Å². The molecule has 0 aromatic heterocycles. The molecule has 27 heavy (non-hydrogen) atoms. The van der Waals surface area contributed by atoms with Crippen molar-refractivity contribution in [1.82, 2.24) is 5.32 Å². The number of hydrogen-bond acceptors (Lipinski definition) is 3. The Labute approximate surface area is 164 Å². The van der Waals surface area contributed by atoms with Crippen molar-refractivity contribution < 1.29 is 14.3 Å². The van der Waals surface area contributed by atoms with E-state index >= 15 is 0 Å². The molecule has 6 heteroatoms. The Balaban J connectivity index is 1.90. The molecule has 5 nitrogen and oxygen atoms in total. The van der Waals surface area contributed by atoms with Crippen LogP contribution in [0.3, 0.4) is 0 Å². The predicted molar refractivity (Wildman–Crippen MR) is 106 cm³/mol. The van der Waals surface area contributed by atoms with Crippen LogP contribution in [0.15, 0.2) is 42.5 Å². The lowest BCUT2D eigenvalue weighted by molar-refractivity contribution is -0.126. The molecule has 2 aromatic rings. The third-order valence-electron chi connectivity index (χ3n) is 4.51. The predicted octanol–water partition coefficient (Wildman–Crippen LogP) is 4.24. The van der Waals surface area contributed by atoms with Crippen molar-refractivity contribution >= 4 is 29.1 Å². The fourth-order valence-corrected chi connectivity index (χ4v) is 3.37. The Morgan fingerprint density at radius 1 is 1.26 bits per heavy atom. The quantitative estimate of drug-likeness (QED) is 0.724. The molecule has 0 bridgehead atoms. The van der Waals surface area contributed by atoms with Gasteiger partial charge < -0.3 is 15.0 Å². The SMILES string of the molecule is CCCCOc1ccccc1CN1C(=O)[C@@H](NC(C)=O)c2cc(Cl)ccc21. The lowest BCUT2D eigenvalue weighted by atomic mass is 10.1. The molecule has 0 saturated carbocycles. The number of carbonyl (C=O) groups is 2. The highest BCUT2D eigenvalue weighted by molar-refractivity contribution is 6.31. The van der Waals surface area contributed by atoms with Crippen LogP contribution < -0.4 is 15.0 Å². The molecule has 1 atom stereocenters. The normalized spacial score (nSPS) is 15.6. The van der Waals surface area contributed by atoms with E-state index in [0.717, 1.165) is 29.8 Å². The second kappa shape index (κ2) is 8.44. The molecule has 2 aromatic carbocycles. The van der Waals surface area contributed by atoms with Crippen LogP contribution in [0.25, 0.3) is 0 Å². The first kappa shape index (κ1) is 19.2. The van der Waals surface area contributed by atoms with Crippen LogP contribution in [0.4, 0.5) is 5.69 Å². The Hall–Kier alpha value is -2.53. The number of nitrogens with zero attached hydrogens (tertiary/aromatic N) is 1. The van der Waals surface area contributed by atoms with E-state index in [-0.39, 0.29) is 11.8 Å². The van der Waals surface area contributed by atoms with Crippen LogP contribution in [0, 0.1) is 0 Å². The summed E-state index contributed by atoms with van der Waals surface area (Å²) in [6.45, 7) is 4.52. The fraction of sp³-hybridized carbons (Fsp3) is 0.333. The van der Waals surface area contributed by atoms with Gasteiger partial charge in [0.1, 0.15) is 11.8 Å². The lowest BCUT2D eigenvalue weighted by Crippen LogP contribution is -2.36. The molecule has 0 fully saturated rings. The molecule has 0 aliphatic carbocycles. The second-order valence-corrected chi connectivity index (χ2v) is 7.01. The number of hydrogen-bond donors (Lipinski definition) is 1. The summed E-state index contributed by atoms with van der Waals surface area (Å²) < 4.78 is 5.89. The van der Waals surface area contributed by atoms with Gasteiger partial charge in [-0.15, -0.1) is 0 Å². The number of benzene rings is 2. The van der Waals surface area contributed by atoms with Gasteiger partial charge in [-0.1, -0.05) is 43.1 Å². The Kier molecular flexibility index (Phi) is 6.01. The minimum Gasteiger partial charge on any atom is -0.493 e. The van der Waals surface area contributed by atoms with Crippen LogP contribution in [-0.4, -0.2) is 18.4 Å². The summed E-state index contributed by atoms with van der Waals surface area (Å²) in [5, 5.41) is 3.26. The van der Waals surface area contributed by atoms with Gasteiger partial charge in [-0.3, -0.25) is 9.59 Å². The van der Waals surface area contributed by atoms with Crippen molar-refractivity contribution in [2.24, 2.45) is 0 Å². The lowest BCUT2D eigenvalue weighted by Gasteiger charge is -2.20. The minimum absolute atomic E-state index is 0.175. The van der Waals surface area contributed by atoms with E-state index in [1.54, 1.807) is 17.0 Å². The summed E-state index contributed by atoms with van der Waals surface area (Å²) >= 11 is 6.11. The van der Waals surface area contributed by atoms with Crippen LogP contribution in [0.5, 0.6) is 5.75 Å². The van der Waals surface area contributed by atoms with Gasteiger partial charge >= 0.3 is 0 Å². The summed E-state index contributed by atoms with van der Waals surface area (Å²) in [6, 6.07) is 12.3. The number of anilines is 1. The molecule has 0 spiro atoms. The number of amides is 2. The molecule has 0 saturated heterocycles. The van der Waals surface area contributed by atoms with Gasteiger partial charge in [0.15, 0.2) is 0 Å². The molecule has 0 unspecified atom stereocenters. The number of unbranched alkanes of at least 4 members (excludes halogenated alkanes) is 1. The van der Waals surface area contributed by atoms with Gasteiger partial charge in [-0.05, 0) is 30.7 Å². The molecule has 3 rings (SSSR count). The van der Waals surface area contributed by atoms with Crippen LogP contribution >= 0.6 is 11.6 Å². The Morgan fingerprint density at radius 3 is 2.78 bits per heavy atom. The number of rotatable bonds is 7. The van der Waals surface area contributed by atoms with E-state index in [1.165, 1.54) is 6.92 Å². The first-order valence-electron chi connectivity index (χ1n) is 9.10. The van der Waals surface area contributed by atoms with Crippen molar-refractivity contribution in [1.29, 1.82) is 0 Å². The number of carbonyl (C=O) groups excluding carboxylic acids is 2. The van der Waals surface area contributed by atoms with E-state index in [2.05, 4.69) is 12.2 Å². The maximum atomic E-state index is 13.0. The maximum Gasteiger partial charge on any atom is 0.254 e. The number of fused-ring (bicyclic) bond motifs is 1. The van der Waals surface area contributed by atoms with Crippen LogP contribution in [0.2, 0.25) is 5.02 Å². The van der Waals surface area contributed by atoms with Gasteiger partial charge in [-0.25, -0.2) is 0 Å². The maximum absolute atomic E-state index is 13.0. The summed E-state index contributed by atoms with van der Waals surface area (Å²) in [5.41, 5.74) is 2.39. The summed E-state index contributed by atoms with van der Waals surface area (Å²) in [5.74, 6) is 0.340. The number of ether oxygens (including phenoxy) is 1. The highest BCUT2D eigenvalue weighted by atomic mass is 35.5. The molecule has 2 amide bonds. The first-order valence-corrected chi connectivity index (χ1v) is 9.47. The number of halogens is 1. The monoisotopic (exact) mass is 386 g/mol. The topological polar surface area (TPSA) is 58.6 Å². The standard InChI is InChI=1S/C21H23ClN2O3/c1-3-4-11-27-19-8-6-5-7-15(19)13-24-18-10-9-16(22)12-17(18)20(21(24)26)23-14(2)25/h5-10,12,20H,3-4,11,13H2,1-2H3,(H,23,25)/t20-/m0/s1. The highest BCUT2D eigenvalue weighted by Gasteiger charge is 2.38. The van der Waals surface area contributed by atoms with Crippen molar-refractivity contribution in [3.8, 4) is 5.75 Å². The van der Waals surface area contributed by atoms with Crippen molar-refractivity contribution in [2.45, 2.75) is 39.3 Å². The third kappa shape index (κ3) is 4.25. The zero-order valence-electron chi connectivity index (χ0n) is 15.5. The Morgan fingerprint density at radius 2 is 2.04 bits per heavy atom. The number of nitrogens with one attached hydrogen (secondary N) is 1. The Bertz CT molecular complexity index is 853. The molecule has 1 aliphatic heterocycles.